The van der Waals surface area contributed by atoms with E-state index < -0.39 is 16.7 Å². The fraction of sp³-hybridized carbons (Fsp3) is 0.0500. The first-order valence-corrected chi connectivity index (χ1v) is 10.9. The molecule has 1 aromatic carbocycles. The highest BCUT2D eigenvalue weighted by Crippen LogP contribution is 2.33. The SMILES string of the molecule is Cc1ccc(-c2ccc(/C=C3/SC(=S)N(NC(=O)c4cccs4)C3=O)o2)cc1[N+](=O)[O-]. The first kappa shape index (κ1) is 21.0. The maximum atomic E-state index is 12.7. The van der Waals surface area contributed by atoms with E-state index in [4.69, 9.17) is 16.6 Å². The van der Waals surface area contributed by atoms with E-state index >= 15 is 0 Å². The van der Waals surface area contributed by atoms with E-state index in [2.05, 4.69) is 5.43 Å². The third-order valence-corrected chi connectivity index (χ3v) is 6.51. The summed E-state index contributed by atoms with van der Waals surface area (Å²) < 4.78 is 5.95. The Morgan fingerprint density at radius 3 is 2.81 bits per heavy atom. The van der Waals surface area contributed by atoms with Crippen LogP contribution in [0.25, 0.3) is 17.4 Å². The Balaban J connectivity index is 1.54. The fourth-order valence-corrected chi connectivity index (χ4v) is 4.58. The van der Waals surface area contributed by atoms with Crippen molar-refractivity contribution >= 4 is 63.2 Å². The zero-order chi connectivity index (χ0) is 22.1. The number of thiocarbonyl (C=S) groups is 1. The number of hydrogen-bond donors (Lipinski definition) is 1. The quantitative estimate of drug-likeness (QED) is 0.247. The van der Waals surface area contributed by atoms with Gasteiger partial charge >= 0.3 is 0 Å². The van der Waals surface area contributed by atoms with E-state index in [0.717, 1.165) is 16.8 Å². The number of rotatable bonds is 5. The molecule has 4 rings (SSSR count). The number of carbonyl (C=O) groups is 2. The van der Waals surface area contributed by atoms with Crippen molar-refractivity contribution in [3.63, 3.8) is 0 Å². The van der Waals surface area contributed by atoms with Crippen molar-refractivity contribution in [1.29, 1.82) is 0 Å². The van der Waals surface area contributed by atoms with Gasteiger partial charge in [0.1, 0.15) is 11.5 Å². The van der Waals surface area contributed by atoms with Gasteiger partial charge in [-0.1, -0.05) is 30.0 Å². The third-order valence-electron chi connectivity index (χ3n) is 4.34. The Hall–Kier alpha value is -3.28. The maximum absolute atomic E-state index is 12.7. The van der Waals surface area contributed by atoms with Gasteiger partial charge in [-0.2, -0.15) is 5.01 Å². The Labute approximate surface area is 189 Å². The van der Waals surface area contributed by atoms with Gasteiger partial charge in [-0.05, 0) is 42.7 Å². The molecule has 8 nitrogen and oxygen atoms in total. The molecule has 2 amide bonds. The zero-order valence-electron chi connectivity index (χ0n) is 15.9. The van der Waals surface area contributed by atoms with Crippen LogP contribution in [0.15, 0.2) is 57.2 Å². The van der Waals surface area contributed by atoms with Gasteiger partial charge in [0, 0.05) is 23.3 Å². The molecule has 1 aliphatic heterocycles. The molecule has 2 aromatic heterocycles. The largest absolute Gasteiger partial charge is 0.457 e. The van der Waals surface area contributed by atoms with Crippen LogP contribution in [-0.4, -0.2) is 26.1 Å². The zero-order valence-corrected chi connectivity index (χ0v) is 18.3. The summed E-state index contributed by atoms with van der Waals surface area (Å²) in [6.07, 6.45) is 1.52. The molecular weight excluding hydrogens is 458 g/mol. The highest BCUT2D eigenvalue weighted by Gasteiger charge is 2.34. The van der Waals surface area contributed by atoms with E-state index in [1.54, 1.807) is 48.7 Å². The van der Waals surface area contributed by atoms with Gasteiger partial charge in [0.25, 0.3) is 17.5 Å². The number of benzene rings is 1. The van der Waals surface area contributed by atoms with Crippen molar-refractivity contribution in [2.75, 3.05) is 0 Å². The normalized spacial score (nSPS) is 15.0. The van der Waals surface area contributed by atoms with E-state index in [1.807, 2.05) is 0 Å². The average molecular weight is 472 g/mol. The summed E-state index contributed by atoms with van der Waals surface area (Å²) in [5.41, 5.74) is 3.60. The topological polar surface area (TPSA) is 106 Å². The van der Waals surface area contributed by atoms with E-state index in [-0.39, 0.29) is 14.9 Å². The molecule has 1 N–H and O–H groups in total. The molecule has 3 aromatic rings. The minimum absolute atomic E-state index is 0.00203. The molecule has 0 aliphatic carbocycles. The molecule has 1 saturated heterocycles. The van der Waals surface area contributed by atoms with Gasteiger partial charge in [-0.25, -0.2) is 0 Å². The summed E-state index contributed by atoms with van der Waals surface area (Å²) in [4.78, 5) is 36.4. The predicted octanol–water partition coefficient (Wildman–Crippen LogP) is 4.77. The molecule has 0 spiro atoms. The standard InChI is InChI=1S/C20H13N3O5S3/c1-11-4-5-12(9-14(11)23(26)27)15-7-6-13(28-15)10-17-19(25)22(20(29)31-17)21-18(24)16-3-2-8-30-16/h2-10H,1H3,(H,21,24)/b17-10+. The van der Waals surface area contributed by atoms with Crippen molar-refractivity contribution in [1.82, 2.24) is 10.4 Å². The highest BCUT2D eigenvalue weighted by atomic mass is 32.2. The third kappa shape index (κ3) is 4.29. The van der Waals surface area contributed by atoms with Crippen molar-refractivity contribution in [3.05, 3.63) is 79.1 Å². The molecule has 0 saturated carbocycles. The van der Waals surface area contributed by atoms with Crippen LogP contribution in [0.2, 0.25) is 0 Å². The van der Waals surface area contributed by atoms with Crippen molar-refractivity contribution in [3.8, 4) is 11.3 Å². The van der Waals surface area contributed by atoms with Gasteiger partial charge < -0.3 is 4.42 Å². The minimum Gasteiger partial charge on any atom is -0.457 e. The predicted molar refractivity (Wildman–Crippen MR) is 122 cm³/mol. The highest BCUT2D eigenvalue weighted by molar-refractivity contribution is 8.26. The van der Waals surface area contributed by atoms with Gasteiger partial charge in [-0.3, -0.25) is 25.1 Å². The number of nitrogens with zero attached hydrogens (tertiary/aromatic N) is 2. The molecular formula is C20H13N3O5S3. The monoisotopic (exact) mass is 471 g/mol. The van der Waals surface area contributed by atoms with Crippen molar-refractivity contribution in [2.24, 2.45) is 0 Å². The summed E-state index contributed by atoms with van der Waals surface area (Å²) in [5.74, 6) is -0.0863. The number of hydrogen-bond acceptors (Lipinski definition) is 8. The van der Waals surface area contributed by atoms with Crippen LogP contribution in [0.3, 0.4) is 0 Å². The number of aryl methyl sites for hydroxylation is 1. The molecule has 1 fully saturated rings. The molecule has 3 heterocycles. The number of hydrazine groups is 1. The van der Waals surface area contributed by atoms with Crippen molar-refractivity contribution < 1.29 is 18.9 Å². The number of thiophene rings is 1. The Morgan fingerprint density at radius 1 is 1.29 bits per heavy atom. The first-order chi connectivity index (χ1) is 14.8. The van der Waals surface area contributed by atoms with Crippen molar-refractivity contribution in [2.45, 2.75) is 6.92 Å². The molecule has 0 atom stereocenters. The Kier molecular flexibility index (Phi) is 5.72. The summed E-state index contributed by atoms with van der Waals surface area (Å²) in [5, 5.41) is 14.0. The molecule has 156 valence electrons. The fourth-order valence-electron chi connectivity index (χ4n) is 2.80. The van der Waals surface area contributed by atoms with Crippen LogP contribution < -0.4 is 5.43 Å². The van der Waals surface area contributed by atoms with Crippen LogP contribution in [0.4, 0.5) is 5.69 Å². The number of carbonyl (C=O) groups excluding carboxylic acids is 2. The number of furan rings is 1. The summed E-state index contributed by atoms with van der Waals surface area (Å²) in [6, 6.07) is 11.5. The lowest BCUT2D eigenvalue weighted by Gasteiger charge is -2.14. The number of thioether (sulfide) groups is 1. The second-order valence-corrected chi connectivity index (χ2v) is 9.02. The van der Waals surface area contributed by atoms with Gasteiger partial charge in [-0.15, -0.1) is 11.3 Å². The number of amides is 2. The second-order valence-electron chi connectivity index (χ2n) is 6.40. The average Bonchev–Trinajstić information content (AvgIpc) is 3.47. The van der Waals surface area contributed by atoms with Crippen LogP contribution >= 0.6 is 35.3 Å². The smallest absolute Gasteiger partial charge is 0.285 e. The van der Waals surface area contributed by atoms with E-state index in [1.165, 1.54) is 23.5 Å². The molecule has 31 heavy (non-hydrogen) atoms. The van der Waals surface area contributed by atoms with Crippen LogP contribution in [0, 0.1) is 17.0 Å². The lowest BCUT2D eigenvalue weighted by atomic mass is 10.1. The Bertz CT molecular complexity index is 1250. The van der Waals surface area contributed by atoms with E-state index in [0.29, 0.717) is 27.5 Å². The molecule has 0 bridgehead atoms. The lowest BCUT2D eigenvalue weighted by Crippen LogP contribution is -2.44. The number of nitro benzene ring substituents is 1. The van der Waals surface area contributed by atoms with E-state index in [9.17, 15) is 19.7 Å². The number of nitrogens with one attached hydrogen (secondary N) is 1. The van der Waals surface area contributed by atoms with Gasteiger partial charge in [0.2, 0.25) is 0 Å². The minimum atomic E-state index is -0.469. The van der Waals surface area contributed by atoms with Crippen LogP contribution in [0.5, 0.6) is 0 Å². The van der Waals surface area contributed by atoms with Crippen LogP contribution in [0.1, 0.15) is 21.0 Å². The van der Waals surface area contributed by atoms with Crippen LogP contribution in [-0.2, 0) is 4.79 Å². The second kappa shape index (κ2) is 8.46. The molecule has 1 aliphatic rings. The molecule has 0 unspecified atom stereocenters. The lowest BCUT2D eigenvalue weighted by molar-refractivity contribution is -0.385. The summed E-state index contributed by atoms with van der Waals surface area (Å²) >= 11 is 7.50. The molecule has 0 radical (unpaired) electrons. The molecule has 11 heteroatoms. The summed E-state index contributed by atoms with van der Waals surface area (Å²) in [7, 11) is 0. The van der Waals surface area contributed by atoms with Gasteiger partial charge in [0.05, 0.1) is 14.7 Å². The maximum Gasteiger partial charge on any atom is 0.285 e. The van der Waals surface area contributed by atoms with Gasteiger partial charge in [0.15, 0.2) is 4.32 Å². The Morgan fingerprint density at radius 2 is 2.10 bits per heavy atom. The first-order valence-electron chi connectivity index (χ1n) is 8.81. The number of nitro groups is 1. The summed E-state index contributed by atoms with van der Waals surface area (Å²) in [6.45, 7) is 1.66.